The van der Waals surface area contributed by atoms with Gasteiger partial charge in [0.15, 0.2) is 0 Å². The van der Waals surface area contributed by atoms with Gasteiger partial charge < -0.3 is 9.73 Å². The zero-order chi connectivity index (χ0) is 12.3. The number of hydrogen-bond acceptors (Lipinski definition) is 5. The number of anilines is 1. The summed E-state index contributed by atoms with van der Waals surface area (Å²) in [5.74, 6) is 0.811. The third-order valence-electron chi connectivity index (χ3n) is 2.10. The summed E-state index contributed by atoms with van der Waals surface area (Å²) in [7, 11) is 0. The van der Waals surface area contributed by atoms with Crippen LogP contribution in [0.2, 0.25) is 0 Å². The SMILES string of the molecule is CC(C)c1nnc(NC(=O)Cc2ccco2)s1. The number of aromatic nitrogens is 2. The van der Waals surface area contributed by atoms with Gasteiger partial charge in [0.05, 0.1) is 12.7 Å². The van der Waals surface area contributed by atoms with E-state index in [4.69, 9.17) is 4.42 Å². The van der Waals surface area contributed by atoms with Gasteiger partial charge in [-0.05, 0) is 12.1 Å². The normalized spacial score (nSPS) is 10.8. The fraction of sp³-hybridized carbons (Fsp3) is 0.364. The first-order valence-electron chi connectivity index (χ1n) is 5.31. The van der Waals surface area contributed by atoms with Crippen molar-refractivity contribution in [2.75, 3.05) is 5.32 Å². The van der Waals surface area contributed by atoms with Crippen LogP contribution in [-0.4, -0.2) is 16.1 Å². The molecule has 0 aliphatic rings. The predicted molar refractivity (Wildman–Crippen MR) is 65.0 cm³/mol. The molecule has 0 spiro atoms. The Morgan fingerprint density at radius 3 is 2.94 bits per heavy atom. The summed E-state index contributed by atoms with van der Waals surface area (Å²) >= 11 is 1.40. The molecule has 6 heteroatoms. The van der Waals surface area contributed by atoms with Crippen molar-refractivity contribution in [3.8, 4) is 0 Å². The fourth-order valence-corrected chi connectivity index (χ4v) is 2.02. The Morgan fingerprint density at radius 1 is 1.53 bits per heavy atom. The third-order valence-corrected chi connectivity index (χ3v) is 3.24. The molecule has 0 radical (unpaired) electrons. The molecule has 1 amide bonds. The molecule has 0 saturated heterocycles. The number of nitrogens with zero attached hydrogens (tertiary/aromatic N) is 2. The second kappa shape index (κ2) is 5.09. The van der Waals surface area contributed by atoms with E-state index in [0.717, 1.165) is 5.01 Å². The average molecular weight is 251 g/mol. The van der Waals surface area contributed by atoms with Gasteiger partial charge in [0, 0.05) is 5.92 Å². The number of amides is 1. The lowest BCUT2D eigenvalue weighted by molar-refractivity contribution is -0.115. The molecular weight excluding hydrogens is 238 g/mol. The number of hydrogen-bond donors (Lipinski definition) is 1. The quantitative estimate of drug-likeness (QED) is 0.906. The Balaban J connectivity index is 1.93. The topological polar surface area (TPSA) is 68.0 Å². The molecule has 0 bridgehead atoms. The summed E-state index contributed by atoms with van der Waals surface area (Å²) in [4.78, 5) is 11.6. The Kier molecular flexibility index (Phi) is 3.53. The Bertz CT molecular complexity index is 491. The zero-order valence-electron chi connectivity index (χ0n) is 9.64. The second-order valence-electron chi connectivity index (χ2n) is 3.90. The first kappa shape index (κ1) is 11.8. The van der Waals surface area contributed by atoms with Gasteiger partial charge in [-0.1, -0.05) is 25.2 Å². The van der Waals surface area contributed by atoms with Crippen LogP contribution in [0.1, 0.15) is 30.5 Å². The Labute approximate surface area is 103 Å². The van der Waals surface area contributed by atoms with Crippen LogP contribution in [-0.2, 0) is 11.2 Å². The van der Waals surface area contributed by atoms with E-state index in [2.05, 4.69) is 15.5 Å². The van der Waals surface area contributed by atoms with Gasteiger partial charge in [-0.15, -0.1) is 10.2 Å². The van der Waals surface area contributed by atoms with Crippen molar-refractivity contribution in [2.45, 2.75) is 26.2 Å². The molecule has 5 nitrogen and oxygen atoms in total. The van der Waals surface area contributed by atoms with E-state index in [9.17, 15) is 4.79 Å². The Hall–Kier alpha value is -1.69. The predicted octanol–water partition coefficient (Wildman–Crippen LogP) is 2.44. The highest BCUT2D eigenvalue weighted by Crippen LogP contribution is 2.22. The molecule has 0 aliphatic heterocycles. The van der Waals surface area contributed by atoms with Crippen LogP contribution in [0, 0.1) is 0 Å². The van der Waals surface area contributed by atoms with E-state index in [-0.39, 0.29) is 12.3 Å². The molecule has 2 heterocycles. The van der Waals surface area contributed by atoms with Crippen molar-refractivity contribution >= 4 is 22.4 Å². The van der Waals surface area contributed by atoms with Crippen molar-refractivity contribution in [3.05, 3.63) is 29.2 Å². The van der Waals surface area contributed by atoms with Gasteiger partial charge in [-0.3, -0.25) is 4.79 Å². The minimum atomic E-state index is -0.147. The lowest BCUT2D eigenvalue weighted by atomic mass is 10.2. The van der Waals surface area contributed by atoms with Gasteiger partial charge in [-0.25, -0.2) is 0 Å². The van der Waals surface area contributed by atoms with Crippen molar-refractivity contribution in [3.63, 3.8) is 0 Å². The number of furan rings is 1. The van der Waals surface area contributed by atoms with Gasteiger partial charge in [-0.2, -0.15) is 0 Å². The summed E-state index contributed by atoms with van der Waals surface area (Å²) in [6.45, 7) is 4.07. The van der Waals surface area contributed by atoms with Gasteiger partial charge in [0.1, 0.15) is 10.8 Å². The molecule has 0 fully saturated rings. The molecule has 0 atom stereocenters. The maximum Gasteiger partial charge on any atom is 0.233 e. The van der Waals surface area contributed by atoms with Crippen molar-refractivity contribution in [2.24, 2.45) is 0 Å². The van der Waals surface area contributed by atoms with Gasteiger partial charge in [0.2, 0.25) is 11.0 Å². The molecule has 0 unspecified atom stereocenters. The van der Waals surface area contributed by atoms with Crippen molar-refractivity contribution in [1.29, 1.82) is 0 Å². The van der Waals surface area contributed by atoms with Crippen LogP contribution in [0.15, 0.2) is 22.8 Å². The second-order valence-corrected chi connectivity index (χ2v) is 4.91. The van der Waals surface area contributed by atoms with Crippen molar-refractivity contribution in [1.82, 2.24) is 10.2 Å². The number of nitrogens with one attached hydrogen (secondary N) is 1. The first-order chi connectivity index (χ1) is 8.15. The minimum absolute atomic E-state index is 0.147. The van der Waals surface area contributed by atoms with E-state index in [1.165, 1.54) is 11.3 Å². The summed E-state index contributed by atoms with van der Waals surface area (Å²) < 4.78 is 5.09. The monoisotopic (exact) mass is 251 g/mol. The highest BCUT2D eigenvalue weighted by atomic mass is 32.1. The maximum atomic E-state index is 11.6. The van der Waals surface area contributed by atoms with Crippen LogP contribution in [0.25, 0.3) is 0 Å². The average Bonchev–Trinajstić information content (AvgIpc) is 2.88. The van der Waals surface area contributed by atoms with E-state index >= 15 is 0 Å². The van der Waals surface area contributed by atoms with E-state index in [1.54, 1.807) is 18.4 Å². The van der Waals surface area contributed by atoms with Crippen LogP contribution < -0.4 is 5.32 Å². The van der Waals surface area contributed by atoms with Crippen LogP contribution in [0.5, 0.6) is 0 Å². The van der Waals surface area contributed by atoms with E-state index in [0.29, 0.717) is 16.8 Å². The molecule has 0 saturated carbocycles. The standard InChI is InChI=1S/C11H13N3O2S/c1-7(2)10-13-14-11(17-10)12-9(15)6-8-4-3-5-16-8/h3-5,7H,6H2,1-2H3,(H,12,14,15). The molecule has 2 aromatic rings. The van der Waals surface area contributed by atoms with Crippen LogP contribution in [0.4, 0.5) is 5.13 Å². The summed E-state index contributed by atoms with van der Waals surface area (Å²) in [5, 5.41) is 12.1. The molecule has 0 aromatic carbocycles. The molecule has 2 aromatic heterocycles. The largest absolute Gasteiger partial charge is 0.469 e. The molecule has 1 N–H and O–H groups in total. The lowest BCUT2D eigenvalue weighted by Gasteiger charge is -1.98. The smallest absolute Gasteiger partial charge is 0.233 e. The molecule has 2 rings (SSSR count). The van der Waals surface area contributed by atoms with Crippen molar-refractivity contribution < 1.29 is 9.21 Å². The minimum Gasteiger partial charge on any atom is -0.469 e. The Morgan fingerprint density at radius 2 is 2.35 bits per heavy atom. The third kappa shape index (κ3) is 3.13. The number of carbonyl (C=O) groups excluding carboxylic acids is 1. The van der Waals surface area contributed by atoms with Gasteiger partial charge >= 0.3 is 0 Å². The first-order valence-corrected chi connectivity index (χ1v) is 6.12. The van der Waals surface area contributed by atoms with Gasteiger partial charge in [0.25, 0.3) is 0 Å². The molecular formula is C11H13N3O2S. The molecule has 90 valence electrons. The summed E-state index contributed by atoms with van der Waals surface area (Å²) in [6.07, 6.45) is 1.76. The zero-order valence-corrected chi connectivity index (χ0v) is 10.5. The van der Waals surface area contributed by atoms with Crippen LogP contribution in [0.3, 0.4) is 0 Å². The van der Waals surface area contributed by atoms with E-state index < -0.39 is 0 Å². The van der Waals surface area contributed by atoms with Crippen LogP contribution >= 0.6 is 11.3 Å². The molecule has 17 heavy (non-hydrogen) atoms. The summed E-state index contributed by atoms with van der Waals surface area (Å²) in [5.41, 5.74) is 0. The summed E-state index contributed by atoms with van der Waals surface area (Å²) in [6, 6.07) is 3.52. The highest BCUT2D eigenvalue weighted by Gasteiger charge is 2.11. The molecule has 0 aliphatic carbocycles. The lowest BCUT2D eigenvalue weighted by Crippen LogP contribution is -2.13. The highest BCUT2D eigenvalue weighted by molar-refractivity contribution is 7.15. The maximum absolute atomic E-state index is 11.6. The number of rotatable bonds is 4. The number of carbonyl (C=O) groups is 1. The fourth-order valence-electron chi connectivity index (χ4n) is 1.25. The van der Waals surface area contributed by atoms with E-state index in [1.807, 2.05) is 13.8 Å².